The fraction of sp³-hybridized carbons (Fsp3) is 0.400. The van der Waals surface area contributed by atoms with Gasteiger partial charge in [0.1, 0.15) is 5.75 Å². The molecule has 1 aromatic heterocycles. The van der Waals surface area contributed by atoms with E-state index in [0.29, 0.717) is 19.8 Å². The van der Waals surface area contributed by atoms with Crippen molar-refractivity contribution in [1.82, 2.24) is 4.98 Å². The van der Waals surface area contributed by atoms with Crippen LogP contribution in [0.2, 0.25) is 0 Å². The number of fused-ring (bicyclic) bond motifs is 1. The lowest BCUT2D eigenvalue weighted by atomic mass is 10.2. The van der Waals surface area contributed by atoms with Gasteiger partial charge in [-0.2, -0.15) is 0 Å². The Morgan fingerprint density at radius 1 is 1.32 bits per heavy atom. The Balaban J connectivity index is 1.90. The van der Waals surface area contributed by atoms with E-state index in [1.807, 2.05) is 37.3 Å². The minimum absolute atomic E-state index is 0.0680. The van der Waals surface area contributed by atoms with Crippen LogP contribution in [-0.4, -0.2) is 30.8 Å². The maximum atomic E-state index is 5.69. The summed E-state index contributed by atoms with van der Waals surface area (Å²) in [6.07, 6.45) is 2.61. The SMILES string of the molecule is CCOC(CN)CCOc1cnc2ccccc2c1. The first-order valence-corrected chi connectivity index (χ1v) is 6.62. The Bertz CT molecular complexity index is 516. The minimum Gasteiger partial charge on any atom is -0.492 e. The molecular weight excluding hydrogens is 240 g/mol. The average molecular weight is 260 g/mol. The molecule has 4 nitrogen and oxygen atoms in total. The molecule has 4 heteroatoms. The van der Waals surface area contributed by atoms with E-state index in [9.17, 15) is 0 Å². The maximum Gasteiger partial charge on any atom is 0.138 e. The molecule has 1 heterocycles. The van der Waals surface area contributed by atoms with E-state index >= 15 is 0 Å². The molecule has 0 radical (unpaired) electrons. The van der Waals surface area contributed by atoms with E-state index in [2.05, 4.69) is 4.98 Å². The van der Waals surface area contributed by atoms with Crippen LogP contribution in [0.25, 0.3) is 10.9 Å². The Kier molecular flexibility index (Phi) is 5.12. The zero-order valence-corrected chi connectivity index (χ0v) is 11.2. The number of rotatable bonds is 7. The fourth-order valence-electron chi connectivity index (χ4n) is 1.94. The summed E-state index contributed by atoms with van der Waals surface area (Å²) in [5, 5.41) is 1.08. The summed E-state index contributed by atoms with van der Waals surface area (Å²) in [7, 11) is 0. The van der Waals surface area contributed by atoms with E-state index in [1.165, 1.54) is 0 Å². The molecule has 0 bridgehead atoms. The maximum absolute atomic E-state index is 5.69. The predicted molar refractivity (Wildman–Crippen MR) is 76.3 cm³/mol. The van der Waals surface area contributed by atoms with Gasteiger partial charge in [0, 0.05) is 25.0 Å². The van der Waals surface area contributed by atoms with Crippen LogP contribution in [0.1, 0.15) is 13.3 Å². The molecule has 0 aliphatic carbocycles. The molecule has 0 fully saturated rings. The van der Waals surface area contributed by atoms with E-state index in [4.69, 9.17) is 15.2 Å². The van der Waals surface area contributed by atoms with E-state index in [-0.39, 0.29) is 6.10 Å². The molecule has 0 aliphatic rings. The van der Waals surface area contributed by atoms with Crippen molar-refractivity contribution in [3.8, 4) is 5.75 Å². The second-order valence-corrected chi connectivity index (χ2v) is 4.31. The van der Waals surface area contributed by atoms with Crippen LogP contribution in [0.3, 0.4) is 0 Å². The van der Waals surface area contributed by atoms with Gasteiger partial charge in [0.05, 0.1) is 24.4 Å². The molecule has 0 aliphatic heterocycles. The van der Waals surface area contributed by atoms with Gasteiger partial charge in [-0.05, 0) is 19.1 Å². The highest BCUT2D eigenvalue weighted by molar-refractivity contribution is 5.79. The van der Waals surface area contributed by atoms with Crippen LogP contribution < -0.4 is 10.5 Å². The largest absolute Gasteiger partial charge is 0.492 e. The van der Waals surface area contributed by atoms with Gasteiger partial charge in [-0.1, -0.05) is 18.2 Å². The quantitative estimate of drug-likeness (QED) is 0.830. The van der Waals surface area contributed by atoms with Gasteiger partial charge in [0.15, 0.2) is 0 Å². The number of hydrogen-bond acceptors (Lipinski definition) is 4. The number of aromatic nitrogens is 1. The van der Waals surface area contributed by atoms with Crippen molar-refractivity contribution in [1.29, 1.82) is 0 Å². The van der Waals surface area contributed by atoms with Gasteiger partial charge in [0.2, 0.25) is 0 Å². The van der Waals surface area contributed by atoms with Crippen LogP contribution in [0, 0.1) is 0 Å². The van der Waals surface area contributed by atoms with Crippen molar-refractivity contribution >= 4 is 10.9 Å². The van der Waals surface area contributed by atoms with Gasteiger partial charge in [-0.3, -0.25) is 4.98 Å². The second-order valence-electron chi connectivity index (χ2n) is 4.31. The Labute approximate surface area is 113 Å². The van der Waals surface area contributed by atoms with Gasteiger partial charge in [-0.15, -0.1) is 0 Å². The van der Waals surface area contributed by atoms with Gasteiger partial charge in [0.25, 0.3) is 0 Å². The molecule has 1 unspecified atom stereocenters. The molecule has 2 rings (SSSR count). The van der Waals surface area contributed by atoms with Crippen LogP contribution in [-0.2, 0) is 4.74 Å². The van der Waals surface area contributed by atoms with E-state index in [1.54, 1.807) is 6.20 Å². The third kappa shape index (κ3) is 3.91. The number of ether oxygens (including phenoxy) is 2. The predicted octanol–water partition coefficient (Wildman–Crippen LogP) is 2.37. The smallest absolute Gasteiger partial charge is 0.138 e. The molecule has 0 amide bonds. The van der Waals surface area contributed by atoms with Crippen LogP contribution in [0.15, 0.2) is 36.5 Å². The number of para-hydroxylation sites is 1. The lowest BCUT2D eigenvalue weighted by molar-refractivity contribution is 0.0527. The van der Waals surface area contributed by atoms with Crippen molar-refractivity contribution in [2.24, 2.45) is 5.73 Å². The van der Waals surface area contributed by atoms with Crippen molar-refractivity contribution in [3.63, 3.8) is 0 Å². The second kappa shape index (κ2) is 7.07. The monoisotopic (exact) mass is 260 g/mol. The Hall–Kier alpha value is -1.65. The van der Waals surface area contributed by atoms with Crippen LogP contribution in [0.5, 0.6) is 5.75 Å². The van der Waals surface area contributed by atoms with Gasteiger partial charge >= 0.3 is 0 Å². The Morgan fingerprint density at radius 3 is 2.95 bits per heavy atom. The normalized spacial score (nSPS) is 12.5. The summed E-state index contributed by atoms with van der Waals surface area (Å²) >= 11 is 0. The lowest BCUT2D eigenvalue weighted by Gasteiger charge is -2.15. The molecule has 1 atom stereocenters. The van der Waals surface area contributed by atoms with E-state index in [0.717, 1.165) is 23.1 Å². The molecule has 2 aromatic rings. The summed E-state index contributed by atoms with van der Waals surface area (Å²) in [5.41, 5.74) is 6.60. The first-order valence-electron chi connectivity index (χ1n) is 6.62. The van der Waals surface area contributed by atoms with E-state index < -0.39 is 0 Å². The first-order chi connectivity index (χ1) is 9.33. The standard InChI is InChI=1S/C15H20N2O2/c1-2-18-13(10-16)7-8-19-14-9-12-5-3-4-6-15(12)17-11-14/h3-6,9,11,13H,2,7-8,10,16H2,1H3. The zero-order chi connectivity index (χ0) is 13.5. The summed E-state index contributed by atoms with van der Waals surface area (Å²) in [6, 6.07) is 9.98. The zero-order valence-electron chi connectivity index (χ0n) is 11.2. The number of pyridine rings is 1. The summed E-state index contributed by atoms with van der Waals surface area (Å²) < 4.78 is 11.2. The van der Waals surface area contributed by atoms with Gasteiger partial charge in [-0.25, -0.2) is 0 Å². The lowest BCUT2D eigenvalue weighted by Crippen LogP contribution is -2.25. The highest BCUT2D eigenvalue weighted by Gasteiger charge is 2.06. The van der Waals surface area contributed by atoms with Crippen molar-refractivity contribution < 1.29 is 9.47 Å². The van der Waals surface area contributed by atoms with Crippen molar-refractivity contribution in [2.45, 2.75) is 19.4 Å². The molecular formula is C15H20N2O2. The molecule has 0 saturated carbocycles. The molecule has 1 aromatic carbocycles. The highest BCUT2D eigenvalue weighted by atomic mass is 16.5. The van der Waals surface area contributed by atoms with Crippen molar-refractivity contribution in [2.75, 3.05) is 19.8 Å². The number of nitrogens with zero attached hydrogens (tertiary/aromatic N) is 1. The van der Waals surface area contributed by atoms with Crippen molar-refractivity contribution in [3.05, 3.63) is 36.5 Å². The summed E-state index contributed by atoms with van der Waals surface area (Å²) in [5.74, 6) is 0.783. The molecule has 2 N–H and O–H groups in total. The van der Waals surface area contributed by atoms with Crippen LogP contribution >= 0.6 is 0 Å². The number of hydrogen-bond donors (Lipinski definition) is 1. The highest BCUT2D eigenvalue weighted by Crippen LogP contribution is 2.18. The molecule has 19 heavy (non-hydrogen) atoms. The topological polar surface area (TPSA) is 57.4 Å². The van der Waals surface area contributed by atoms with Crippen LogP contribution in [0.4, 0.5) is 0 Å². The average Bonchev–Trinajstić information content (AvgIpc) is 2.46. The molecule has 0 saturated heterocycles. The first kappa shape index (κ1) is 13.8. The third-order valence-corrected chi connectivity index (χ3v) is 2.94. The summed E-state index contributed by atoms with van der Waals surface area (Å²) in [4.78, 5) is 4.35. The number of benzene rings is 1. The van der Waals surface area contributed by atoms with Gasteiger partial charge < -0.3 is 15.2 Å². The fourth-order valence-corrected chi connectivity index (χ4v) is 1.94. The Morgan fingerprint density at radius 2 is 2.16 bits per heavy atom. The minimum atomic E-state index is 0.0680. The number of nitrogens with two attached hydrogens (primary N) is 1. The molecule has 102 valence electrons. The molecule has 0 spiro atoms. The third-order valence-electron chi connectivity index (χ3n) is 2.94. The summed E-state index contributed by atoms with van der Waals surface area (Å²) in [6.45, 7) is 3.76.